The fraction of sp³-hybridized carbons (Fsp3) is 0.231. The Morgan fingerprint density at radius 3 is 1.75 bits per heavy atom. The van der Waals surface area contributed by atoms with Crippen molar-refractivity contribution in [3.63, 3.8) is 0 Å². The van der Waals surface area contributed by atoms with Crippen LogP contribution in [0.3, 0.4) is 0 Å². The maximum Gasteiger partial charge on any atom is 0.358 e. The van der Waals surface area contributed by atoms with Gasteiger partial charge in [0.2, 0.25) is 0 Å². The van der Waals surface area contributed by atoms with E-state index < -0.39 is 5.97 Å². The summed E-state index contributed by atoms with van der Waals surface area (Å²) in [6.45, 7) is 6.18. The molecule has 36 heavy (non-hydrogen) atoms. The Balaban J connectivity index is 0.000000202. The number of rotatable bonds is 7. The Hall–Kier alpha value is -2.14. The Labute approximate surface area is 234 Å². The zero-order valence-corrected chi connectivity index (χ0v) is 24.7. The average molecular weight is 652 g/mol. The fourth-order valence-electron chi connectivity index (χ4n) is 3.31. The van der Waals surface area contributed by atoms with Crippen molar-refractivity contribution in [3.05, 3.63) is 68.9 Å². The van der Waals surface area contributed by atoms with Crippen LogP contribution in [0.5, 0.6) is 0 Å². The summed E-state index contributed by atoms with van der Waals surface area (Å²) in [5.74, 6) is 0.352. The van der Waals surface area contributed by atoms with Crippen LogP contribution in [0.4, 0.5) is 0 Å². The normalized spacial score (nSPS) is 10.7. The van der Waals surface area contributed by atoms with Crippen LogP contribution in [-0.2, 0) is 4.74 Å². The molecule has 0 bridgehead atoms. The number of aromatic nitrogens is 2. The highest BCUT2D eigenvalue weighted by Crippen LogP contribution is 2.31. The van der Waals surface area contributed by atoms with E-state index in [-0.39, 0.29) is 11.7 Å². The van der Waals surface area contributed by atoms with Crippen LogP contribution in [0.25, 0.3) is 21.8 Å². The highest BCUT2D eigenvalue weighted by Gasteiger charge is 2.17. The topological polar surface area (TPSA) is 89.4 Å². The highest BCUT2D eigenvalue weighted by molar-refractivity contribution is 9.11. The Bertz CT molecular complexity index is 1420. The van der Waals surface area contributed by atoms with Crippen molar-refractivity contribution in [2.24, 2.45) is 0 Å². The van der Waals surface area contributed by atoms with Crippen LogP contribution in [0.1, 0.15) is 41.7 Å². The van der Waals surface area contributed by atoms with E-state index in [0.717, 1.165) is 41.6 Å². The predicted molar refractivity (Wildman–Crippen MR) is 155 cm³/mol. The number of aromatic carboxylic acids is 1. The van der Waals surface area contributed by atoms with Crippen molar-refractivity contribution in [1.29, 1.82) is 0 Å². The smallest absolute Gasteiger partial charge is 0.358 e. The molecule has 0 aliphatic heterocycles. The molecule has 1 N–H and O–H groups in total. The van der Waals surface area contributed by atoms with Gasteiger partial charge in [-0.2, -0.15) is 0 Å². The number of hydrogen-bond acceptors (Lipinski definition) is 7. The maximum absolute atomic E-state index is 12.0. The van der Waals surface area contributed by atoms with Crippen molar-refractivity contribution in [2.75, 3.05) is 18.1 Å². The van der Waals surface area contributed by atoms with Gasteiger partial charge in [0, 0.05) is 29.5 Å². The first kappa shape index (κ1) is 28.4. The molecule has 2 aromatic heterocycles. The molecular formula is C26H24Br2N2O4S2. The van der Waals surface area contributed by atoms with Crippen molar-refractivity contribution < 1.29 is 19.4 Å². The number of ether oxygens (including phenoxy) is 1. The third-order valence-corrected chi connectivity index (χ3v) is 8.02. The molecule has 4 aromatic rings. The molecule has 188 valence electrons. The Morgan fingerprint density at radius 2 is 1.31 bits per heavy atom. The molecule has 0 radical (unpaired) electrons. The molecule has 10 heteroatoms. The maximum atomic E-state index is 12.0. The highest BCUT2D eigenvalue weighted by atomic mass is 79.9. The number of pyridine rings is 2. The Kier molecular flexibility index (Phi) is 10.6. The molecule has 0 aliphatic carbocycles. The lowest BCUT2D eigenvalue weighted by molar-refractivity contribution is 0.0515. The summed E-state index contributed by atoms with van der Waals surface area (Å²) in [6.07, 6.45) is 0. The van der Waals surface area contributed by atoms with Crippen molar-refractivity contribution >= 4 is 89.1 Å². The first-order valence-electron chi connectivity index (χ1n) is 11.1. The fourth-order valence-corrected chi connectivity index (χ4v) is 5.81. The van der Waals surface area contributed by atoms with Gasteiger partial charge < -0.3 is 9.84 Å². The molecule has 0 aliphatic rings. The summed E-state index contributed by atoms with van der Waals surface area (Å²) in [5.41, 5.74) is 2.01. The summed E-state index contributed by atoms with van der Waals surface area (Å²) < 4.78 is 6.97. The standard InChI is InChI=1S/C14H14BrNO2S.C12H10BrNO2S/c1-3-18-14(17)13-12(19-4-2)8-9-10(15)6-5-7-11(9)16-13;1-2-17-10-6-7-8(13)4-3-5-9(7)14-11(10)12(15)16/h5-8H,3-4H2,1-2H3;3-6H,2H2,1H3,(H,15,16). The molecule has 6 nitrogen and oxygen atoms in total. The first-order valence-corrected chi connectivity index (χ1v) is 14.7. The van der Waals surface area contributed by atoms with Crippen LogP contribution >= 0.6 is 55.4 Å². The first-order chi connectivity index (χ1) is 17.3. The molecule has 0 saturated carbocycles. The summed E-state index contributed by atoms with van der Waals surface area (Å²) in [4.78, 5) is 33.3. The lowest BCUT2D eigenvalue weighted by Gasteiger charge is -2.09. The summed E-state index contributed by atoms with van der Waals surface area (Å²) in [7, 11) is 0. The van der Waals surface area contributed by atoms with Crippen molar-refractivity contribution in [1.82, 2.24) is 9.97 Å². The molecule has 0 saturated heterocycles. The minimum Gasteiger partial charge on any atom is -0.476 e. The van der Waals surface area contributed by atoms with Crippen LogP contribution in [0.2, 0.25) is 0 Å². The van der Waals surface area contributed by atoms with Crippen LogP contribution in [0.15, 0.2) is 67.3 Å². The second kappa shape index (κ2) is 13.4. The second-order valence-corrected chi connectivity index (χ2v) is 11.5. The summed E-state index contributed by atoms with van der Waals surface area (Å²) in [6, 6.07) is 15.2. The van der Waals surface area contributed by atoms with Crippen molar-refractivity contribution in [3.8, 4) is 0 Å². The second-order valence-electron chi connectivity index (χ2n) is 7.17. The summed E-state index contributed by atoms with van der Waals surface area (Å²) in [5, 5.41) is 11.1. The molecule has 4 rings (SSSR count). The molecule has 0 spiro atoms. The number of benzene rings is 2. The quantitative estimate of drug-likeness (QED) is 0.158. The van der Waals surface area contributed by atoms with E-state index >= 15 is 0 Å². The number of hydrogen-bond donors (Lipinski definition) is 1. The van der Waals surface area contributed by atoms with Crippen LogP contribution in [0, 0.1) is 0 Å². The van der Waals surface area contributed by atoms with Gasteiger partial charge in [0.25, 0.3) is 0 Å². The lowest BCUT2D eigenvalue weighted by Crippen LogP contribution is -2.09. The third kappa shape index (κ3) is 6.79. The van der Waals surface area contributed by atoms with E-state index in [1.165, 1.54) is 11.8 Å². The predicted octanol–water partition coefficient (Wildman–Crippen LogP) is 8.09. The number of fused-ring (bicyclic) bond motifs is 2. The zero-order chi connectivity index (χ0) is 26.2. The molecule has 0 atom stereocenters. The SMILES string of the molecule is CCOC(=O)c1nc2cccc(Br)c2cc1SCC.CCSc1cc2c(Br)cccc2nc1C(=O)O. The number of halogens is 2. The molecule has 0 amide bonds. The minimum atomic E-state index is -0.983. The number of esters is 1. The van der Waals surface area contributed by atoms with Gasteiger partial charge >= 0.3 is 11.9 Å². The van der Waals surface area contributed by atoms with E-state index in [1.54, 1.807) is 18.7 Å². The number of carbonyl (C=O) groups is 2. The number of carboxylic acids is 1. The molecule has 0 fully saturated rings. The Morgan fingerprint density at radius 1 is 0.833 bits per heavy atom. The van der Waals surface area contributed by atoms with Crippen molar-refractivity contribution in [2.45, 2.75) is 30.6 Å². The van der Waals surface area contributed by atoms with Gasteiger partial charge in [0.1, 0.15) is 0 Å². The largest absolute Gasteiger partial charge is 0.476 e. The van der Waals surface area contributed by atoms with Gasteiger partial charge in [-0.05, 0) is 54.8 Å². The minimum absolute atomic E-state index is 0.127. The number of thioether (sulfide) groups is 2. The average Bonchev–Trinajstić information content (AvgIpc) is 2.85. The van der Waals surface area contributed by atoms with E-state index in [2.05, 4.69) is 41.8 Å². The molecule has 2 aromatic carbocycles. The number of carboxylic acid groups (broad SMARTS) is 1. The molecule has 2 heterocycles. The van der Waals surface area contributed by atoms with Gasteiger partial charge in [0.15, 0.2) is 11.4 Å². The van der Waals surface area contributed by atoms with Gasteiger partial charge in [0.05, 0.1) is 17.6 Å². The van der Waals surface area contributed by atoms with Crippen LogP contribution < -0.4 is 0 Å². The molecular weight excluding hydrogens is 628 g/mol. The number of carbonyl (C=O) groups excluding carboxylic acids is 1. The van der Waals surface area contributed by atoms with E-state index in [0.29, 0.717) is 22.7 Å². The van der Waals surface area contributed by atoms with Gasteiger partial charge in [-0.25, -0.2) is 19.6 Å². The van der Waals surface area contributed by atoms with Crippen LogP contribution in [-0.4, -0.2) is 45.1 Å². The van der Waals surface area contributed by atoms with Gasteiger partial charge in [-0.1, -0.05) is 57.8 Å². The molecule has 0 unspecified atom stereocenters. The van der Waals surface area contributed by atoms with E-state index in [9.17, 15) is 9.59 Å². The summed E-state index contributed by atoms with van der Waals surface area (Å²) >= 11 is 10.0. The van der Waals surface area contributed by atoms with Gasteiger partial charge in [-0.3, -0.25) is 0 Å². The zero-order valence-electron chi connectivity index (χ0n) is 19.9. The van der Waals surface area contributed by atoms with Gasteiger partial charge in [-0.15, -0.1) is 23.5 Å². The monoisotopic (exact) mass is 650 g/mol. The lowest BCUT2D eigenvalue weighted by atomic mass is 10.2. The van der Waals surface area contributed by atoms with E-state index in [4.69, 9.17) is 9.84 Å². The number of nitrogens with zero attached hydrogens (tertiary/aromatic N) is 2. The van der Waals surface area contributed by atoms with E-state index in [1.807, 2.05) is 62.4 Å². The third-order valence-electron chi connectivity index (χ3n) is 4.81.